The first kappa shape index (κ1) is 17.8. The lowest BCUT2D eigenvalue weighted by molar-refractivity contribution is -0.119. The summed E-state index contributed by atoms with van der Waals surface area (Å²) < 4.78 is 1.57. The van der Waals surface area contributed by atoms with E-state index in [9.17, 15) is 4.79 Å². The van der Waals surface area contributed by atoms with E-state index in [1.54, 1.807) is 4.68 Å². The fourth-order valence-electron chi connectivity index (χ4n) is 3.35. The number of hydrogen-bond acceptors (Lipinski definition) is 6. The average Bonchev–Trinajstić information content (AvgIpc) is 3.27. The van der Waals surface area contributed by atoms with Crippen LogP contribution in [0.3, 0.4) is 0 Å². The number of hydrazone groups is 1. The number of tetrazole rings is 1. The summed E-state index contributed by atoms with van der Waals surface area (Å²) in [5, 5.41) is 15.4. The van der Waals surface area contributed by atoms with Crippen molar-refractivity contribution in [3.05, 3.63) is 66.0 Å². The van der Waals surface area contributed by atoms with Gasteiger partial charge < -0.3 is 4.90 Å². The van der Waals surface area contributed by atoms with E-state index in [2.05, 4.69) is 43.1 Å². The lowest BCUT2D eigenvalue weighted by Gasteiger charge is -2.30. The Morgan fingerprint density at radius 1 is 1.21 bits per heavy atom. The molecule has 2 aromatic carbocycles. The molecule has 1 aliphatic heterocycles. The van der Waals surface area contributed by atoms with Crippen LogP contribution in [0.4, 0.5) is 5.69 Å². The van der Waals surface area contributed by atoms with Crippen molar-refractivity contribution in [3.63, 3.8) is 0 Å². The summed E-state index contributed by atoms with van der Waals surface area (Å²) in [5.41, 5.74) is 7.53. The van der Waals surface area contributed by atoms with Gasteiger partial charge in [0.15, 0.2) is 0 Å². The summed E-state index contributed by atoms with van der Waals surface area (Å²) >= 11 is 0. The first-order valence-electron chi connectivity index (χ1n) is 9.20. The second-order valence-corrected chi connectivity index (χ2v) is 6.69. The highest BCUT2D eigenvalue weighted by molar-refractivity contribution is 5.99. The smallest absolute Gasteiger partial charge is 0.259 e. The highest BCUT2D eigenvalue weighted by Gasteiger charge is 2.18. The highest BCUT2D eigenvalue weighted by Crippen LogP contribution is 2.26. The molecule has 3 aromatic rings. The van der Waals surface area contributed by atoms with Crippen LogP contribution in [-0.2, 0) is 11.2 Å². The van der Waals surface area contributed by atoms with Crippen molar-refractivity contribution in [1.82, 2.24) is 25.6 Å². The third-order valence-electron chi connectivity index (χ3n) is 4.77. The van der Waals surface area contributed by atoms with Crippen molar-refractivity contribution in [2.45, 2.75) is 19.8 Å². The van der Waals surface area contributed by atoms with Gasteiger partial charge in [-0.1, -0.05) is 30.3 Å². The van der Waals surface area contributed by atoms with Crippen LogP contribution in [0.2, 0.25) is 0 Å². The lowest BCUT2D eigenvalue weighted by atomic mass is 10.0. The number of aryl methyl sites for hydroxylation is 1. The summed E-state index contributed by atoms with van der Waals surface area (Å²) in [4.78, 5) is 14.5. The van der Waals surface area contributed by atoms with E-state index < -0.39 is 0 Å². The van der Waals surface area contributed by atoms with E-state index >= 15 is 0 Å². The zero-order valence-corrected chi connectivity index (χ0v) is 15.6. The SMILES string of the molecule is C/C(=N/NC(=O)CN1CCCc2ccccc21)c1cccc(-n2cnnn2)c1. The van der Waals surface area contributed by atoms with Gasteiger partial charge in [0.25, 0.3) is 5.91 Å². The zero-order valence-electron chi connectivity index (χ0n) is 15.6. The van der Waals surface area contributed by atoms with Gasteiger partial charge in [0, 0.05) is 12.2 Å². The molecule has 1 aromatic heterocycles. The molecule has 0 bridgehead atoms. The Hall–Kier alpha value is -3.55. The molecule has 8 nitrogen and oxygen atoms in total. The minimum absolute atomic E-state index is 0.132. The number of anilines is 1. The van der Waals surface area contributed by atoms with Gasteiger partial charge in [-0.05, 0) is 59.5 Å². The quantitative estimate of drug-likeness (QED) is 0.544. The van der Waals surface area contributed by atoms with Gasteiger partial charge >= 0.3 is 0 Å². The number of aromatic nitrogens is 4. The zero-order chi connectivity index (χ0) is 19.3. The van der Waals surface area contributed by atoms with E-state index in [4.69, 9.17) is 0 Å². The molecule has 8 heteroatoms. The molecule has 0 saturated carbocycles. The Kier molecular flexibility index (Phi) is 5.09. The summed E-state index contributed by atoms with van der Waals surface area (Å²) in [6.45, 7) is 3.02. The third kappa shape index (κ3) is 3.90. The Morgan fingerprint density at radius 3 is 2.96 bits per heavy atom. The molecule has 1 N–H and O–H groups in total. The standard InChI is InChI=1S/C20H21N7O/c1-15(17-7-4-9-18(12-17)27-14-21-24-25-27)22-23-20(28)13-26-11-5-8-16-6-2-3-10-19(16)26/h2-4,6-7,9-10,12,14H,5,8,11,13H2,1H3,(H,23,28)/b22-15-. The van der Waals surface area contributed by atoms with Crippen molar-refractivity contribution in [3.8, 4) is 5.69 Å². The molecular formula is C20H21N7O. The second-order valence-electron chi connectivity index (χ2n) is 6.69. The van der Waals surface area contributed by atoms with Gasteiger partial charge in [0.05, 0.1) is 17.9 Å². The van der Waals surface area contributed by atoms with E-state index in [-0.39, 0.29) is 5.91 Å². The monoisotopic (exact) mass is 375 g/mol. The van der Waals surface area contributed by atoms with Crippen LogP contribution < -0.4 is 10.3 Å². The number of benzene rings is 2. The van der Waals surface area contributed by atoms with Gasteiger partial charge in [-0.3, -0.25) is 4.79 Å². The van der Waals surface area contributed by atoms with E-state index in [0.29, 0.717) is 12.3 Å². The number of fused-ring (bicyclic) bond motifs is 1. The minimum atomic E-state index is -0.132. The van der Waals surface area contributed by atoms with Gasteiger partial charge in [0.2, 0.25) is 0 Å². The van der Waals surface area contributed by atoms with Crippen LogP contribution in [0, 0.1) is 0 Å². The fraction of sp³-hybridized carbons (Fsp3) is 0.250. The third-order valence-corrected chi connectivity index (χ3v) is 4.77. The topological polar surface area (TPSA) is 88.3 Å². The van der Waals surface area contributed by atoms with Crippen LogP contribution in [0.1, 0.15) is 24.5 Å². The van der Waals surface area contributed by atoms with Crippen LogP contribution in [0.25, 0.3) is 5.69 Å². The molecule has 0 atom stereocenters. The molecular weight excluding hydrogens is 354 g/mol. The largest absolute Gasteiger partial charge is 0.362 e. The van der Waals surface area contributed by atoms with Crippen LogP contribution in [0.5, 0.6) is 0 Å². The Labute approximate surface area is 162 Å². The first-order chi connectivity index (χ1) is 13.7. The van der Waals surface area contributed by atoms with E-state index in [1.165, 1.54) is 11.9 Å². The molecule has 1 aliphatic rings. The highest BCUT2D eigenvalue weighted by atomic mass is 16.2. The number of carbonyl (C=O) groups is 1. The molecule has 0 fully saturated rings. The Balaban J connectivity index is 1.42. The van der Waals surface area contributed by atoms with Crippen molar-refractivity contribution in [1.29, 1.82) is 0 Å². The van der Waals surface area contributed by atoms with E-state index in [0.717, 1.165) is 36.3 Å². The van der Waals surface area contributed by atoms with Gasteiger partial charge in [-0.25, -0.2) is 10.1 Å². The number of rotatable bonds is 5. The first-order valence-corrected chi connectivity index (χ1v) is 9.20. The van der Waals surface area contributed by atoms with E-state index in [1.807, 2.05) is 43.3 Å². The maximum absolute atomic E-state index is 12.4. The van der Waals surface area contributed by atoms with Crippen LogP contribution in [0.15, 0.2) is 60.0 Å². The van der Waals surface area contributed by atoms with Crippen molar-refractivity contribution in [2.75, 3.05) is 18.0 Å². The minimum Gasteiger partial charge on any atom is -0.362 e. The van der Waals surface area contributed by atoms with Gasteiger partial charge in [0.1, 0.15) is 6.33 Å². The average molecular weight is 375 g/mol. The van der Waals surface area contributed by atoms with Crippen molar-refractivity contribution in [2.24, 2.45) is 5.10 Å². The number of hydrogen-bond donors (Lipinski definition) is 1. The molecule has 0 saturated heterocycles. The molecule has 0 radical (unpaired) electrons. The number of nitrogens with zero attached hydrogens (tertiary/aromatic N) is 6. The summed E-state index contributed by atoms with van der Waals surface area (Å²) in [5.74, 6) is -0.132. The molecule has 0 aliphatic carbocycles. The molecule has 0 unspecified atom stereocenters. The molecule has 142 valence electrons. The second kappa shape index (κ2) is 7.99. The predicted octanol–water partition coefficient (Wildman–Crippen LogP) is 1.96. The van der Waals surface area contributed by atoms with Gasteiger partial charge in [-0.2, -0.15) is 5.10 Å². The summed E-state index contributed by atoms with van der Waals surface area (Å²) in [7, 11) is 0. The number of para-hydroxylation sites is 1. The number of nitrogens with one attached hydrogen (secondary N) is 1. The Morgan fingerprint density at radius 2 is 2.11 bits per heavy atom. The maximum Gasteiger partial charge on any atom is 0.259 e. The molecule has 28 heavy (non-hydrogen) atoms. The van der Waals surface area contributed by atoms with Crippen molar-refractivity contribution >= 4 is 17.3 Å². The lowest BCUT2D eigenvalue weighted by Crippen LogP contribution is -2.38. The maximum atomic E-state index is 12.4. The Bertz CT molecular complexity index is 997. The van der Waals surface area contributed by atoms with Crippen LogP contribution in [-0.4, -0.2) is 44.9 Å². The molecule has 2 heterocycles. The van der Waals surface area contributed by atoms with Crippen molar-refractivity contribution < 1.29 is 4.79 Å². The normalized spacial score (nSPS) is 13.9. The molecule has 4 rings (SSSR count). The van der Waals surface area contributed by atoms with Crippen LogP contribution >= 0.6 is 0 Å². The summed E-state index contributed by atoms with van der Waals surface area (Å²) in [6.07, 6.45) is 3.64. The predicted molar refractivity (Wildman–Crippen MR) is 106 cm³/mol. The molecule has 1 amide bonds. The number of amides is 1. The fourth-order valence-corrected chi connectivity index (χ4v) is 3.35. The summed E-state index contributed by atoms with van der Waals surface area (Å²) in [6, 6.07) is 15.9. The molecule has 0 spiro atoms. The number of carbonyl (C=O) groups excluding carboxylic acids is 1. The van der Waals surface area contributed by atoms with Gasteiger partial charge in [-0.15, -0.1) is 5.10 Å².